The summed E-state index contributed by atoms with van der Waals surface area (Å²) in [6.07, 6.45) is 6.25. The SMILES string of the molecule is O=C(Cc1cccs1)N1CCc2ncnc(NC3CC3)c2CC1. The van der Waals surface area contributed by atoms with Crippen molar-refractivity contribution in [1.82, 2.24) is 14.9 Å². The zero-order chi connectivity index (χ0) is 15.6. The Morgan fingerprint density at radius 3 is 2.96 bits per heavy atom. The first-order valence-electron chi connectivity index (χ1n) is 8.19. The molecule has 0 saturated heterocycles. The van der Waals surface area contributed by atoms with Crippen LogP contribution in [-0.2, 0) is 24.1 Å². The molecule has 2 aromatic rings. The summed E-state index contributed by atoms with van der Waals surface area (Å²) < 4.78 is 0. The van der Waals surface area contributed by atoms with Crippen molar-refractivity contribution in [2.45, 2.75) is 38.1 Å². The van der Waals surface area contributed by atoms with Crippen LogP contribution in [0.3, 0.4) is 0 Å². The van der Waals surface area contributed by atoms with Crippen molar-refractivity contribution < 1.29 is 4.79 Å². The average molecular weight is 328 g/mol. The van der Waals surface area contributed by atoms with Crippen LogP contribution in [0.2, 0.25) is 0 Å². The van der Waals surface area contributed by atoms with E-state index < -0.39 is 0 Å². The molecule has 120 valence electrons. The molecular formula is C17H20N4OS. The number of rotatable bonds is 4. The van der Waals surface area contributed by atoms with Crippen LogP contribution in [0.25, 0.3) is 0 Å². The van der Waals surface area contributed by atoms with E-state index in [1.165, 1.54) is 18.4 Å². The second-order valence-corrected chi connectivity index (χ2v) is 7.24. The molecule has 0 spiro atoms. The lowest BCUT2D eigenvalue weighted by Gasteiger charge is -2.19. The Morgan fingerprint density at radius 1 is 1.30 bits per heavy atom. The first kappa shape index (κ1) is 14.6. The van der Waals surface area contributed by atoms with Gasteiger partial charge < -0.3 is 10.2 Å². The summed E-state index contributed by atoms with van der Waals surface area (Å²) in [5.74, 6) is 1.19. The van der Waals surface area contributed by atoms with E-state index in [9.17, 15) is 4.79 Å². The number of carbonyl (C=O) groups excluding carboxylic acids is 1. The smallest absolute Gasteiger partial charge is 0.227 e. The average Bonchev–Trinajstić information content (AvgIpc) is 3.27. The quantitative estimate of drug-likeness (QED) is 0.935. The van der Waals surface area contributed by atoms with Gasteiger partial charge in [-0.25, -0.2) is 9.97 Å². The van der Waals surface area contributed by atoms with Gasteiger partial charge in [-0.1, -0.05) is 6.07 Å². The molecule has 6 heteroatoms. The Balaban J connectivity index is 1.46. The minimum absolute atomic E-state index is 0.213. The van der Waals surface area contributed by atoms with Crippen molar-refractivity contribution in [3.63, 3.8) is 0 Å². The predicted molar refractivity (Wildman–Crippen MR) is 90.7 cm³/mol. The Kier molecular flexibility index (Phi) is 3.99. The van der Waals surface area contributed by atoms with Crippen LogP contribution in [-0.4, -0.2) is 39.9 Å². The Labute approximate surface area is 139 Å². The molecule has 0 atom stereocenters. The van der Waals surface area contributed by atoms with Gasteiger partial charge in [-0.3, -0.25) is 4.79 Å². The summed E-state index contributed by atoms with van der Waals surface area (Å²) in [5, 5.41) is 5.52. The highest BCUT2D eigenvalue weighted by atomic mass is 32.1. The monoisotopic (exact) mass is 328 g/mol. The van der Waals surface area contributed by atoms with Gasteiger partial charge in [-0.05, 0) is 30.7 Å². The van der Waals surface area contributed by atoms with Crippen LogP contribution in [0.15, 0.2) is 23.8 Å². The maximum atomic E-state index is 12.5. The van der Waals surface area contributed by atoms with Gasteiger partial charge in [0.05, 0.1) is 12.1 Å². The first-order chi connectivity index (χ1) is 11.3. The molecule has 0 unspecified atom stereocenters. The maximum absolute atomic E-state index is 12.5. The second kappa shape index (κ2) is 6.28. The first-order valence-corrected chi connectivity index (χ1v) is 9.07. The fraction of sp³-hybridized carbons (Fsp3) is 0.471. The summed E-state index contributed by atoms with van der Waals surface area (Å²) in [7, 11) is 0. The molecule has 2 aliphatic rings. The van der Waals surface area contributed by atoms with Crippen molar-refractivity contribution in [2.75, 3.05) is 18.4 Å². The van der Waals surface area contributed by atoms with Crippen molar-refractivity contribution in [3.05, 3.63) is 40.0 Å². The van der Waals surface area contributed by atoms with Gasteiger partial charge in [-0.2, -0.15) is 0 Å². The van der Waals surface area contributed by atoms with Gasteiger partial charge in [0.25, 0.3) is 0 Å². The summed E-state index contributed by atoms with van der Waals surface area (Å²) >= 11 is 1.64. The molecule has 1 aliphatic heterocycles. The van der Waals surface area contributed by atoms with E-state index >= 15 is 0 Å². The van der Waals surface area contributed by atoms with Gasteiger partial charge in [-0.15, -0.1) is 11.3 Å². The summed E-state index contributed by atoms with van der Waals surface area (Å²) in [4.78, 5) is 24.5. The standard InChI is InChI=1S/C17H20N4OS/c22-16(10-13-2-1-9-23-13)21-7-5-14-15(6-8-21)18-11-19-17(14)20-12-3-4-12/h1-2,9,11-12H,3-8,10H2,(H,18,19,20). The lowest BCUT2D eigenvalue weighted by atomic mass is 10.1. The second-order valence-electron chi connectivity index (χ2n) is 6.20. The molecule has 0 radical (unpaired) electrons. The van der Waals surface area contributed by atoms with Crippen molar-refractivity contribution in [1.29, 1.82) is 0 Å². The third kappa shape index (κ3) is 3.37. The van der Waals surface area contributed by atoms with Crippen LogP contribution in [0.5, 0.6) is 0 Å². The Hall–Kier alpha value is -1.95. The van der Waals surface area contributed by atoms with E-state index in [0.29, 0.717) is 12.5 Å². The van der Waals surface area contributed by atoms with E-state index in [4.69, 9.17) is 0 Å². The fourth-order valence-corrected chi connectivity index (χ4v) is 3.69. The zero-order valence-electron chi connectivity index (χ0n) is 13.0. The van der Waals surface area contributed by atoms with E-state index in [1.807, 2.05) is 22.4 Å². The number of fused-ring (bicyclic) bond motifs is 1. The molecular weight excluding hydrogens is 308 g/mol. The summed E-state index contributed by atoms with van der Waals surface area (Å²) in [6, 6.07) is 4.60. The molecule has 2 aromatic heterocycles. The third-order valence-corrected chi connectivity index (χ3v) is 5.34. The maximum Gasteiger partial charge on any atom is 0.227 e. The van der Waals surface area contributed by atoms with Crippen LogP contribution < -0.4 is 5.32 Å². The number of anilines is 1. The molecule has 0 bridgehead atoms. The van der Waals surface area contributed by atoms with Gasteiger partial charge in [0.2, 0.25) is 5.91 Å². The number of hydrogen-bond donors (Lipinski definition) is 1. The molecule has 23 heavy (non-hydrogen) atoms. The summed E-state index contributed by atoms with van der Waals surface area (Å²) in [5.41, 5.74) is 2.29. The van der Waals surface area contributed by atoms with Crippen molar-refractivity contribution in [3.8, 4) is 0 Å². The minimum atomic E-state index is 0.213. The van der Waals surface area contributed by atoms with E-state index in [0.717, 1.165) is 42.3 Å². The van der Waals surface area contributed by atoms with Gasteiger partial charge in [0.1, 0.15) is 12.1 Å². The number of carbonyl (C=O) groups is 1. The number of nitrogens with one attached hydrogen (secondary N) is 1. The van der Waals surface area contributed by atoms with Crippen molar-refractivity contribution in [2.24, 2.45) is 0 Å². The Bertz CT molecular complexity index is 697. The molecule has 1 aliphatic carbocycles. The van der Waals surface area contributed by atoms with Crippen LogP contribution in [0.1, 0.15) is 29.0 Å². The van der Waals surface area contributed by atoms with Gasteiger partial charge in [0, 0.05) is 36.0 Å². The highest BCUT2D eigenvalue weighted by molar-refractivity contribution is 7.10. The van der Waals surface area contributed by atoms with Gasteiger partial charge in [0.15, 0.2) is 0 Å². The van der Waals surface area contributed by atoms with E-state index in [2.05, 4.69) is 15.3 Å². The van der Waals surface area contributed by atoms with Crippen LogP contribution in [0.4, 0.5) is 5.82 Å². The molecule has 4 rings (SSSR count). The largest absolute Gasteiger partial charge is 0.367 e. The number of thiophene rings is 1. The third-order valence-electron chi connectivity index (χ3n) is 4.46. The summed E-state index contributed by atoms with van der Waals surface area (Å²) in [6.45, 7) is 1.50. The Morgan fingerprint density at radius 2 is 2.17 bits per heavy atom. The van der Waals surface area contributed by atoms with E-state index in [-0.39, 0.29) is 5.91 Å². The fourth-order valence-electron chi connectivity index (χ4n) is 3.00. The lowest BCUT2D eigenvalue weighted by Crippen LogP contribution is -2.34. The molecule has 5 nitrogen and oxygen atoms in total. The molecule has 3 heterocycles. The molecule has 1 saturated carbocycles. The molecule has 1 N–H and O–H groups in total. The predicted octanol–water partition coefficient (Wildman–Crippen LogP) is 2.28. The highest BCUT2D eigenvalue weighted by Gasteiger charge is 2.26. The van der Waals surface area contributed by atoms with Gasteiger partial charge >= 0.3 is 0 Å². The number of amides is 1. The van der Waals surface area contributed by atoms with Crippen LogP contribution in [0, 0.1) is 0 Å². The number of nitrogens with zero attached hydrogens (tertiary/aromatic N) is 3. The minimum Gasteiger partial charge on any atom is -0.367 e. The normalized spacial score (nSPS) is 17.5. The molecule has 0 aromatic carbocycles. The molecule has 1 amide bonds. The lowest BCUT2D eigenvalue weighted by molar-refractivity contribution is -0.130. The number of hydrogen-bond acceptors (Lipinski definition) is 5. The topological polar surface area (TPSA) is 58.1 Å². The highest BCUT2D eigenvalue weighted by Crippen LogP contribution is 2.27. The van der Waals surface area contributed by atoms with E-state index in [1.54, 1.807) is 17.7 Å². The number of aromatic nitrogens is 2. The van der Waals surface area contributed by atoms with Crippen molar-refractivity contribution >= 4 is 23.1 Å². The zero-order valence-corrected chi connectivity index (χ0v) is 13.8. The van der Waals surface area contributed by atoms with Crippen LogP contribution >= 0.6 is 11.3 Å². The molecule has 1 fully saturated rings.